The van der Waals surface area contributed by atoms with Gasteiger partial charge in [0.15, 0.2) is 5.03 Å². The van der Waals surface area contributed by atoms with Crippen molar-refractivity contribution in [2.75, 3.05) is 30.3 Å². The second-order valence-electron chi connectivity index (χ2n) is 5.72. The summed E-state index contributed by atoms with van der Waals surface area (Å²) in [7, 11) is 0. The molecule has 1 aromatic heterocycles. The summed E-state index contributed by atoms with van der Waals surface area (Å²) in [6.45, 7) is 2.36. The van der Waals surface area contributed by atoms with E-state index in [9.17, 15) is 5.26 Å². The van der Waals surface area contributed by atoms with Gasteiger partial charge in [-0.25, -0.2) is 4.98 Å². The highest BCUT2D eigenvalue weighted by Crippen LogP contribution is 2.34. The van der Waals surface area contributed by atoms with Gasteiger partial charge in [0.2, 0.25) is 0 Å². The van der Waals surface area contributed by atoms with Crippen LogP contribution in [0.25, 0.3) is 0 Å². The Hall–Kier alpha value is -1.25. The van der Waals surface area contributed by atoms with Crippen LogP contribution in [0.2, 0.25) is 0 Å². The second-order valence-corrected chi connectivity index (χ2v) is 6.83. The van der Waals surface area contributed by atoms with Crippen molar-refractivity contribution in [3.8, 4) is 6.07 Å². The van der Waals surface area contributed by atoms with Crippen LogP contribution in [0.5, 0.6) is 0 Å². The number of anilines is 1. The lowest BCUT2D eigenvalue weighted by Gasteiger charge is -2.22. The van der Waals surface area contributed by atoms with Gasteiger partial charge in [-0.2, -0.15) is 5.26 Å². The van der Waals surface area contributed by atoms with Crippen LogP contribution in [0.15, 0.2) is 5.03 Å². The first-order valence-corrected chi connectivity index (χ1v) is 8.83. The SMILES string of the molecule is N#Cc1c(SCCO)[nH+]c(N2CCCC2)c2c1CCCC2. The fourth-order valence-corrected chi connectivity index (χ4v) is 4.19. The average Bonchev–Trinajstić information content (AvgIpc) is 3.06. The van der Waals surface area contributed by atoms with E-state index in [-0.39, 0.29) is 6.61 Å². The second kappa shape index (κ2) is 6.67. The maximum atomic E-state index is 9.57. The van der Waals surface area contributed by atoms with Crippen LogP contribution in [0, 0.1) is 11.3 Å². The number of aliphatic hydroxyl groups excluding tert-OH is 1. The van der Waals surface area contributed by atoms with E-state index in [2.05, 4.69) is 16.0 Å². The van der Waals surface area contributed by atoms with Gasteiger partial charge in [-0.15, -0.1) is 0 Å². The number of thioether (sulfide) groups is 1. The minimum Gasteiger partial charge on any atom is -0.396 e. The molecule has 5 heteroatoms. The molecule has 112 valence electrons. The minimum atomic E-state index is 0.138. The first-order chi connectivity index (χ1) is 10.3. The van der Waals surface area contributed by atoms with Crippen molar-refractivity contribution in [3.63, 3.8) is 0 Å². The zero-order chi connectivity index (χ0) is 14.7. The third-order valence-electron chi connectivity index (χ3n) is 4.39. The molecule has 21 heavy (non-hydrogen) atoms. The van der Waals surface area contributed by atoms with Gasteiger partial charge < -0.3 is 5.11 Å². The number of H-pyrrole nitrogens is 1. The molecule has 1 aromatic rings. The van der Waals surface area contributed by atoms with E-state index in [0.717, 1.165) is 36.5 Å². The molecule has 1 aliphatic heterocycles. The van der Waals surface area contributed by atoms with Crippen LogP contribution in [-0.4, -0.2) is 30.6 Å². The summed E-state index contributed by atoms with van der Waals surface area (Å²) in [5.41, 5.74) is 3.43. The number of nitriles is 1. The molecular weight excluding hydrogens is 282 g/mol. The summed E-state index contributed by atoms with van der Waals surface area (Å²) >= 11 is 1.56. The van der Waals surface area contributed by atoms with Crippen LogP contribution in [0.3, 0.4) is 0 Å². The van der Waals surface area contributed by atoms with Gasteiger partial charge in [-0.3, -0.25) is 4.90 Å². The van der Waals surface area contributed by atoms with Gasteiger partial charge in [0.25, 0.3) is 5.82 Å². The molecular formula is C16H22N3OS+. The Kier molecular flexibility index (Phi) is 4.67. The Morgan fingerprint density at radius 2 is 1.86 bits per heavy atom. The number of hydrogen-bond acceptors (Lipinski definition) is 4. The van der Waals surface area contributed by atoms with Gasteiger partial charge in [0.05, 0.1) is 19.7 Å². The van der Waals surface area contributed by atoms with E-state index in [4.69, 9.17) is 5.11 Å². The molecule has 0 radical (unpaired) electrons. The molecule has 1 aliphatic carbocycles. The lowest BCUT2D eigenvalue weighted by Crippen LogP contribution is -2.31. The third kappa shape index (κ3) is 2.88. The highest BCUT2D eigenvalue weighted by atomic mass is 32.2. The number of pyridine rings is 1. The number of aliphatic hydroxyl groups is 1. The van der Waals surface area contributed by atoms with Gasteiger partial charge in [0, 0.05) is 11.3 Å². The highest BCUT2D eigenvalue weighted by Gasteiger charge is 2.31. The Balaban J connectivity index is 2.08. The molecule has 0 bridgehead atoms. The van der Waals surface area contributed by atoms with E-state index in [0.29, 0.717) is 5.75 Å². The molecule has 0 spiro atoms. The average molecular weight is 304 g/mol. The molecule has 1 saturated heterocycles. The standard InChI is InChI=1S/C16H21N3OS/c17-11-14-12-5-1-2-6-13(12)15(19-7-3-4-8-19)18-16(14)21-10-9-20/h20H,1-10H2/p+1. The molecule has 0 aromatic carbocycles. The Labute approximate surface area is 130 Å². The van der Waals surface area contributed by atoms with Crippen LogP contribution in [0.4, 0.5) is 5.82 Å². The Bertz CT molecular complexity index is 562. The Morgan fingerprint density at radius 1 is 1.14 bits per heavy atom. The molecule has 3 rings (SSSR count). The number of nitrogens with one attached hydrogen (secondary N) is 1. The molecule has 0 atom stereocenters. The smallest absolute Gasteiger partial charge is 0.278 e. The molecule has 4 nitrogen and oxygen atoms in total. The predicted octanol–water partition coefficient (Wildman–Crippen LogP) is 1.94. The van der Waals surface area contributed by atoms with E-state index < -0.39 is 0 Å². The van der Waals surface area contributed by atoms with Crippen molar-refractivity contribution in [1.82, 2.24) is 0 Å². The largest absolute Gasteiger partial charge is 0.396 e. The first kappa shape index (κ1) is 14.7. The van der Waals surface area contributed by atoms with Crippen molar-refractivity contribution in [2.45, 2.75) is 43.6 Å². The van der Waals surface area contributed by atoms with Crippen molar-refractivity contribution in [1.29, 1.82) is 5.26 Å². The number of aromatic nitrogens is 1. The summed E-state index contributed by atoms with van der Waals surface area (Å²) in [5, 5.41) is 19.6. The van der Waals surface area contributed by atoms with Gasteiger partial charge in [-0.05, 0) is 44.1 Å². The minimum absolute atomic E-state index is 0.138. The van der Waals surface area contributed by atoms with E-state index in [1.54, 1.807) is 11.8 Å². The molecule has 2 aliphatic rings. The van der Waals surface area contributed by atoms with E-state index >= 15 is 0 Å². The van der Waals surface area contributed by atoms with Gasteiger partial charge >= 0.3 is 0 Å². The zero-order valence-corrected chi connectivity index (χ0v) is 13.1. The van der Waals surface area contributed by atoms with Crippen molar-refractivity contribution in [3.05, 3.63) is 16.7 Å². The zero-order valence-electron chi connectivity index (χ0n) is 12.3. The molecule has 0 unspecified atom stereocenters. The fraction of sp³-hybridized carbons (Fsp3) is 0.625. The predicted molar refractivity (Wildman–Crippen MR) is 83.6 cm³/mol. The summed E-state index contributed by atoms with van der Waals surface area (Å²) < 4.78 is 0. The quantitative estimate of drug-likeness (QED) is 0.864. The number of rotatable bonds is 4. The fourth-order valence-electron chi connectivity index (χ4n) is 3.41. The van der Waals surface area contributed by atoms with Crippen molar-refractivity contribution >= 4 is 17.6 Å². The summed E-state index contributed by atoms with van der Waals surface area (Å²) in [6.07, 6.45) is 6.99. The maximum absolute atomic E-state index is 9.57. The topological polar surface area (TPSA) is 61.4 Å². The molecule has 2 N–H and O–H groups in total. The highest BCUT2D eigenvalue weighted by molar-refractivity contribution is 7.99. The monoisotopic (exact) mass is 304 g/mol. The van der Waals surface area contributed by atoms with Crippen LogP contribution in [-0.2, 0) is 12.8 Å². The van der Waals surface area contributed by atoms with Gasteiger partial charge in [-0.1, -0.05) is 11.8 Å². The van der Waals surface area contributed by atoms with Crippen molar-refractivity contribution < 1.29 is 10.1 Å². The maximum Gasteiger partial charge on any atom is 0.278 e. The normalized spacial score (nSPS) is 17.6. The van der Waals surface area contributed by atoms with E-state index in [1.807, 2.05) is 0 Å². The summed E-state index contributed by atoms with van der Waals surface area (Å²) in [4.78, 5) is 5.96. The van der Waals surface area contributed by atoms with Crippen LogP contribution >= 0.6 is 11.8 Å². The number of nitrogens with zero attached hydrogens (tertiary/aromatic N) is 2. The third-order valence-corrected chi connectivity index (χ3v) is 5.37. The number of hydrogen-bond donors (Lipinski definition) is 1. The number of fused-ring (bicyclic) bond motifs is 1. The molecule has 1 fully saturated rings. The van der Waals surface area contributed by atoms with Gasteiger partial charge in [0.1, 0.15) is 11.6 Å². The molecule has 0 saturated carbocycles. The van der Waals surface area contributed by atoms with E-state index in [1.165, 1.54) is 42.6 Å². The van der Waals surface area contributed by atoms with Crippen LogP contribution < -0.4 is 9.88 Å². The lowest BCUT2D eigenvalue weighted by atomic mass is 9.89. The Morgan fingerprint density at radius 3 is 2.52 bits per heavy atom. The van der Waals surface area contributed by atoms with Crippen LogP contribution in [0.1, 0.15) is 42.4 Å². The number of aromatic amines is 1. The summed E-state index contributed by atoms with van der Waals surface area (Å²) in [6, 6.07) is 2.40. The first-order valence-electron chi connectivity index (χ1n) is 7.85. The molecule has 0 amide bonds. The summed E-state index contributed by atoms with van der Waals surface area (Å²) in [5.74, 6) is 1.87. The molecule has 2 heterocycles. The van der Waals surface area contributed by atoms with Crippen molar-refractivity contribution in [2.24, 2.45) is 0 Å². The lowest BCUT2D eigenvalue weighted by molar-refractivity contribution is -0.414.